The lowest BCUT2D eigenvalue weighted by atomic mass is 10.1. The van der Waals surface area contributed by atoms with E-state index in [4.69, 9.17) is 0 Å². The van der Waals surface area contributed by atoms with Gasteiger partial charge in [0.05, 0.1) is 0 Å². The molecule has 2 aliphatic carbocycles. The zero-order valence-corrected chi connectivity index (χ0v) is 8.86. The van der Waals surface area contributed by atoms with Gasteiger partial charge in [0.2, 0.25) is 0 Å². The molecule has 0 bridgehead atoms. The normalized spacial score (nSPS) is 24.0. The van der Waals surface area contributed by atoms with Crippen molar-refractivity contribution in [3.05, 3.63) is 48.6 Å². The molecule has 0 aromatic rings. The van der Waals surface area contributed by atoms with E-state index in [2.05, 4.69) is 48.6 Å². The maximum Gasteiger partial charge on any atom is -0.0169 e. The van der Waals surface area contributed by atoms with Crippen LogP contribution in [0.3, 0.4) is 0 Å². The van der Waals surface area contributed by atoms with E-state index in [1.165, 1.54) is 25.7 Å². The zero-order valence-electron chi connectivity index (χ0n) is 8.86. The molecular weight excluding hydrogens is 168 g/mol. The molecule has 0 aliphatic heterocycles. The van der Waals surface area contributed by atoms with Crippen molar-refractivity contribution >= 4 is 0 Å². The van der Waals surface area contributed by atoms with Crippen LogP contribution in [0.15, 0.2) is 48.6 Å². The molecule has 0 nitrogen and oxygen atoms in total. The van der Waals surface area contributed by atoms with Gasteiger partial charge in [0, 0.05) is 0 Å². The Morgan fingerprint density at radius 2 is 0.643 bits per heavy atom. The largest absolute Gasteiger partial charge is 0.0882 e. The summed E-state index contributed by atoms with van der Waals surface area (Å²) in [5.74, 6) is 0. The van der Waals surface area contributed by atoms with Crippen LogP contribution < -0.4 is 0 Å². The lowest BCUT2D eigenvalue weighted by Gasteiger charge is -1.92. The molecule has 0 radical (unpaired) electrons. The molecule has 2 aliphatic rings. The minimum Gasteiger partial charge on any atom is -0.0882 e. The van der Waals surface area contributed by atoms with Crippen molar-refractivity contribution in [3.8, 4) is 0 Å². The second kappa shape index (κ2) is 8.55. The highest BCUT2D eigenvalue weighted by molar-refractivity contribution is 5.02. The smallest absolute Gasteiger partial charge is 0.0169 e. The summed E-state index contributed by atoms with van der Waals surface area (Å²) < 4.78 is 0. The molecule has 2 rings (SSSR count). The van der Waals surface area contributed by atoms with E-state index in [1.54, 1.807) is 0 Å². The van der Waals surface area contributed by atoms with Crippen LogP contribution in [0.4, 0.5) is 0 Å². The molecule has 0 amide bonds. The predicted molar refractivity (Wildman–Crippen MR) is 64.3 cm³/mol. The van der Waals surface area contributed by atoms with Crippen LogP contribution >= 0.6 is 0 Å². The van der Waals surface area contributed by atoms with Gasteiger partial charge in [-0.2, -0.15) is 0 Å². The summed E-state index contributed by atoms with van der Waals surface area (Å²) in [6.07, 6.45) is 25.0. The predicted octanol–water partition coefficient (Wildman–Crippen LogP) is 4.57. The van der Waals surface area contributed by atoms with Gasteiger partial charge in [-0.3, -0.25) is 0 Å². The topological polar surface area (TPSA) is 0 Å². The number of hydrogen-bond acceptors (Lipinski definition) is 0. The molecule has 0 spiro atoms. The summed E-state index contributed by atoms with van der Waals surface area (Å²) in [6.45, 7) is 0. The van der Waals surface area contributed by atoms with Gasteiger partial charge in [-0.05, 0) is 38.5 Å². The number of rotatable bonds is 0. The minimum atomic E-state index is 1.14. The van der Waals surface area contributed by atoms with E-state index >= 15 is 0 Å². The molecule has 0 unspecified atom stereocenters. The van der Waals surface area contributed by atoms with Gasteiger partial charge in [-0.15, -0.1) is 0 Å². The Hall–Kier alpha value is -1.04. The van der Waals surface area contributed by atoms with E-state index in [0.717, 1.165) is 12.8 Å². The lowest BCUT2D eigenvalue weighted by Crippen LogP contribution is -1.71. The lowest BCUT2D eigenvalue weighted by molar-refractivity contribution is 0.962. The summed E-state index contributed by atoms with van der Waals surface area (Å²) in [7, 11) is 0. The van der Waals surface area contributed by atoms with Gasteiger partial charge in [0.15, 0.2) is 0 Å². The maximum atomic E-state index is 2.27. The third kappa shape index (κ3) is 6.47. The molecule has 0 N–H and O–H groups in total. The quantitative estimate of drug-likeness (QED) is 0.489. The first-order chi connectivity index (χ1) is 7.00. The molecule has 0 saturated carbocycles. The van der Waals surface area contributed by atoms with Crippen LogP contribution in [-0.2, 0) is 0 Å². The van der Waals surface area contributed by atoms with Crippen molar-refractivity contribution in [1.82, 2.24) is 0 Å². The summed E-state index contributed by atoms with van der Waals surface area (Å²) in [5.41, 5.74) is 0. The highest BCUT2D eigenvalue weighted by atomic mass is 13.9. The molecular formula is C14H20. The Balaban J connectivity index is 0.000000146. The molecule has 0 aromatic carbocycles. The SMILES string of the molecule is C1=CCC=CC1.C1=C\CC/C=C\CC/1. The number of hydrogen-bond donors (Lipinski definition) is 0. The summed E-state index contributed by atoms with van der Waals surface area (Å²) in [5, 5.41) is 0. The van der Waals surface area contributed by atoms with Crippen LogP contribution in [0.25, 0.3) is 0 Å². The first-order valence-electron chi connectivity index (χ1n) is 5.60. The molecule has 0 fully saturated rings. The fourth-order valence-electron chi connectivity index (χ4n) is 1.40. The summed E-state index contributed by atoms with van der Waals surface area (Å²) in [4.78, 5) is 0. The Bertz CT molecular complexity index is 182. The van der Waals surface area contributed by atoms with Crippen LogP contribution in [-0.4, -0.2) is 0 Å². The van der Waals surface area contributed by atoms with Crippen molar-refractivity contribution in [1.29, 1.82) is 0 Å². The summed E-state index contributed by atoms with van der Waals surface area (Å²) in [6, 6.07) is 0. The van der Waals surface area contributed by atoms with Crippen molar-refractivity contribution < 1.29 is 0 Å². The van der Waals surface area contributed by atoms with E-state index < -0.39 is 0 Å². The highest BCUT2D eigenvalue weighted by Gasteiger charge is 1.81. The van der Waals surface area contributed by atoms with Gasteiger partial charge < -0.3 is 0 Å². The van der Waals surface area contributed by atoms with Crippen LogP contribution in [0.1, 0.15) is 38.5 Å². The Labute approximate surface area is 87.7 Å². The minimum absolute atomic E-state index is 1.14. The summed E-state index contributed by atoms with van der Waals surface area (Å²) >= 11 is 0. The molecule has 0 atom stereocenters. The molecule has 14 heavy (non-hydrogen) atoms. The van der Waals surface area contributed by atoms with Gasteiger partial charge in [-0.1, -0.05) is 48.6 Å². The third-order valence-corrected chi connectivity index (χ3v) is 2.21. The standard InChI is InChI=1S/C8H12.C6H8/c1-2-4-6-8-7-5-3-1;1-2-4-6-5-3-1/h1-2,7-8H,3-6H2;1-2,5-6H,3-4H2/b2-1-,8-7-;. The third-order valence-electron chi connectivity index (χ3n) is 2.21. The van der Waals surface area contributed by atoms with Gasteiger partial charge >= 0.3 is 0 Å². The van der Waals surface area contributed by atoms with Crippen LogP contribution in [0.5, 0.6) is 0 Å². The van der Waals surface area contributed by atoms with Crippen molar-refractivity contribution in [2.45, 2.75) is 38.5 Å². The van der Waals surface area contributed by atoms with E-state index in [9.17, 15) is 0 Å². The molecule has 76 valence electrons. The first-order valence-corrected chi connectivity index (χ1v) is 5.60. The molecule has 0 saturated heterocycles. The second-order valence-electron chi connectivity index (χ2n) is 3.51. The van der Waals surface area contributed by atoms with Crippen LogP contribution in [0.2, 0.25) is 0 Å². The fraction of sp³-hybridized carbons (Fsp3) is 0.429. The first kappa shape index (κ1) is 11.0. The van der Waals surface area contributed by atoms with E-state index in [0.29, 0.717) is 0 Å². The number of allylic oxidation sites excluding steroid dienone is 8. The Kier molecular flexibility index (Phi) is 6.74. The maximum absolute atomic E-state index is 2.27. The van der Waals surface area contributed by atoms with Crippen molar-refractivity contribution in [2.75, 3.05) is 0 Å². The molecule has 0 aromatic heterocycles. The molecule has 0 heterocycles. The van der Waals surface area contributed by atoms with Crippen molar-refractivity contribution in [2.24, 2.45) is 0 Å². The van der Waals surface area contributed by atoms with Gasteiger partial charge in [-0.25, -0.2) is 0 Å². The monoisotopic (exact) mass is 188 g/mol. The van der Waals surface area contributed by atoms with Crippen LogP contribution in [0, 0.1) is 0 Å². The van der Waals surface area contributed by atoms with E-state index in [1.807, 2.05) is 0 Å². The fourth-order valence-corrected chi connectivity index (χ4v) is 1.40. The van der Waals surface area contributed by atoms with Gasteiger partial charge in [0.1, 0.15) is 0 Å². The van der Waals surface area contributed by atoms with Gasteiger partial charge in [0.25, 0.3) is 0 Å². The Morgan fingerprint density at radius 1 is 0.357 bits per heavy atom. The molecule has 0 heteroatoms. The van der Waals surface area contributed by atoms with E-state index in [-0.39, 0.29) is 0 Å². The highest BCUT2D eigenvalue weighted by Crippen LogP contribution is 2.02. The van der Waals surface area contributed by atoms with Crippen molar-refractivity contribution in [3.63, 3.8) is 0 Å². The Morgan fingerprint density at radius 3 is 0.857 bits per heavy atom. The second-order valence-corrected chi connectivity index (χ2v) is 3.51. The average molecular weight is 188 g/mol. The zero-order chi connectivity index (χ0) is 9.90. The average Bonchev–Trinajstić information content (AvgIpc) is 2.20.